The highest BCUT2D eigenvalue weighted by Crippen LogP contribution is 2.38. The van der Waals surface area contributed by atoms with Crippen LogP contribution in [0.15, 0.2) is 24.3 Å². The highest BCUT2D eigenvalue weighted by molar-refractivity contribution is 6.30. The zero-order valence-electron chi connectivity index (χ0n) is 15.9. The van der Waals surface area contributed by atoms with E-state index < -0.39 is 0 Å². The Bertz CT molecular complexity index is 658. The zero-order valence-corrected chi connectivity index (χ0v) is 16.7. The Morgan fingerprint density at radius 3 is 2.31 bits per heavy atom. The number of benzene rings is 1. The first-order valence-electron chi connectivity index (χ1n) is 9.60. The van der Waals surface area contributed by atoms with E-state index in [1.807, 2.05) is 12.1 Å². The Balaban J connectivity index is 1.53. The molecule has 5 heteroatoms. The average Bonchev–Trinajstić information content (AvgIpc) is 2.97. The number of anilines is 1. The lowest BCUT2D eigenvalue weighted by molar-refractivity contribution is -0.127. The van der Waals surface area contributed by atoms with Gasteiger partial charge in [0.25, 0.3) is 0 Å². The van der Waals surface area contributed by atoms with Crippen molar-refractivity contribution in [1.29, 1.82) is 0 Å². The van der Waals surface area contributed by atoms with Crippen LogP contribution in [-0.4, -0.2) is 24.4 Å². The summed E-state index contributed by atoms with van der Waals surface area (Å²) in [6.45, 7) is 7.34. The number of hydrogen-bond acceptors (Lipinski definition) is 2. The van der Waals surface area contributed by atoms with Crippen molar-refractivity contribution in [3.05, 3.63) is 29.3 Å². The normalized spacial score (nSPS) is 26.8. The second-order valence-electron chi connectivity index (χ2n) is 8.80. The molecule has 1 heterocycles. The summed E-state index contributed by atoms with van der Waals surface area (Å²) in [5.41, 5.74) is 1.15. The molecule has 0 unspecified atom stereocenters. The number of rotatable bonds is 3. The second kappa shape index (κ2) is 7.59. The Kier molecular flexibility index (Phi) is 5.61. The Hall–Kier alpha value is -1.55. The van der Waals surface area contributed by atoms with Crippen molar-refractivity contribution in [2.75, 3.05) is 11.4 Å². The maximum atomic E-state index is 12.7. The van der Waals surface area contributed by atoms with Gasteiger partial charge in [-0.15, -0.1) is 0 Å². The van der Waals surface area contributed by atoms with Gasteiger partial charge in [-0.2, -0.15) is 0 Å². The molecule has 1 atom stereocenters. The van der Waals surface area contributed by atoms with Crippen LogP contribution >= 0.6 is 11.6 Å². The van der Waals surface area contributed by atoms with Gasteiger partial charge in [0.1, 0.15) is 0 Å². The van der Waals surface area contributed by atoms with E-state index in [0.717, 1.165) is 37.3 Å². The summed E-state index contributed by atoms with van der Waals surface area (Å²) in [7, 11) is 0. The lowest BCUT2D eigenvalue weighted by atomic mass is 9.71. The molecule has 1 aliphatic heterocycles. The quantitative estimate of drug-likeness (QED) is 0.849. The standard InChI is InChI=1S/C21H29ClN2O2/c1-21(2,3)15-4-8-17(9-5-15)23-20(26)14-12-19(25)24(13-14)18-10-6-16(22)7-11-18/h6-7,10-11,14-15,17H,4-5,8-9,12-13H2,1-3H3,(H,23,26)/t14-,15?,17?/m1/s1. The minimum absolute atomic E-state index is 0.00362. The highest BCUT2D eigenvalue weighted by Gasteiger charge is 2.37. The van der Waals surface area contributed by atoms with Crippen molar-refractivity contribution in [2.24, 2.45) is 17.3 Å². The van der Waals surface area contributed by atoms with Gasteiger partial charge in [0.05, 0.1) is 5.92 Å². The molecule has 2 aliphatic rings. The average molecular weight is 377 g/mol. The van der Waals surface area contributed by atoms with E-state index >= 15 is 0 Å². The molecule has 1 N–H and O–H groups in total. The summed E-state index contributed by atoms with van der Waals surface area (Å²) >= 11 is 5.91. The number of hydrogen-bond donors (Lipinski definition) is 1. The van der Waals surface area contributed by atoms with E-state index in [2.05, 4.69) is 26.1 Å². The van der Waals surface area contributed by atoms with Crippen LogP contribution in [0.5, 0.6) is 0 Å². The number of carbonyl (C=O) groups excluding carboxylic acids is 2. The monoisotopic (exact) mass is 376 g/mol. The molecule has 1 saturated heterocycles. The first-order chi connectivity index (χ1) is 12.2. The Labute approximate surface area is 161 Å². The summed E-state index contributed by atoms with van der Waals surface area (Å²) in [6.07, 6.45) is 4.68. The third-order valence-electron chi connectivity index (χ3n) is 5.93. The van der Waals surface area contributed by atoms with Crippen LogP contribution in [0.2, 0.25) is 5.02 Å². The van der Waals surface area contributed by atoms with Crippen molar-refractivity contribution < 1.29 is 9.59 Å². The Morgan fingerprint density at radius 2 is 1.73 bits per heavy atom. The maximum Gasteiger partial charge on any atom is 0.227 e. The summed E-state index contributed by atoms with van der Waals surface area (Å²) in [5.74, 6) is 0.487. The van der Waals surface area contributed by atoms with E-state index in [1.54, 1.807) is 17.0 Å². The first-order valence-corrected chi connectivity index (χ1v) is 9.98. The van der Waals surface area contributed by atoms with Crippen molar-refractivity contribution in [3.63, 3.8) is 0 Å². The summed E-state index contributed by atoms with van der Waals surface area (Å²) in [5, 5.41) is 3.83. The predicted octanol–water partition coefficient (Wildman–Crippen LogP) is 4.41. The fourth-order valence-corrected chi connectivity index (χ4v) is 4.30. The molecule has 2 amide bonds. The Morgan fingerprint density at radius 1 is 1.12 bits per heavy atom. The van der Waals surface area contributed by atoms with Crippen LogP contribution < -0.4 is 10.2 Å². The molecule has 3 rings (SSSR count). The third kappa shape index (κ3) is 4.40. The lowest BCUT2D eigenvalue weighted by Crippen LogP contribution is -2.42. The minimum Gasteiger partial charge on any atom is -0.353 e. The molecule has 26 heavy (non-hydrogen) atoms. The minimum atomic E-state index is -0.265. The van der Waals surface area contributed by atoms with Crippen LogP contribution in [-0.2, 0) is 9.59 Å². The van der Waals surface area contributed by atoms with Gasteiger partial charge in [-0.1, -0.05) is 32.4 Å². The van der Waals surface area contributed by atoms with E-state index in [9.17, 15) is 9.59 Å². The molecule has 2 fully saturated rings. The summed E-state index contributed by atoms with van der Waals surface area (Å²) in [4.78, 5) is 26.7. The number of nitrogens with one attached hydrogen (secondary N) is 1. The van der Waals surface area contributed by atoms with Crippen LogP contribution in [0.4, 0.5) is 5.69 Å². The third-order valence-corrected chi connectivity index (χ3v) is 6.18. The van der Waals surface area contributed by atoms with Gasteiger partial charge in [0.15, 0.2) is 0 Å². The first kappa shape index (κ1) is 19.2. The molecule has 4 nitrogen and oxygen atoms in total. The van der Waals surface area contributed by atoms with Crippen LogP contribution in [0.1, 0.15) is 52.9 Å². The molecule has 0 spiro atoms. The lowest BCUT2D eigenvalue weighted by Gasteiger charge is -2.37. The van der Waals surface area contributed by atoms with E-state index in [0.29, 0.717) is 17.0 Å². The number of nitrogens with zero attached hydrogens (tertiary/aromatic N) is 1. The highest BCUT2D eigenvalue weighted by atomic mass is 35.5. The van der Waals surface area contributed by atoms with E-state index in [4.69, 9.17) is 11.6 Å². The number of halogens is 1. The molecular formula is C21H29ClN2O2. The van der Waals surface area contributed by atoms with Crippen LogP contribution in [0.25, 0.3) is 0 Å². The van der Waals surface area contributed by atoms with Gasteiger partial charge < -0.3 is 10.2 Å². The molecule has 0 aromatic heterocycles. The van der Waals surface area contributed by atoms with Gasteiger partial charge in [0, 0.05) is 29.7 Å². The zero-order chi connectivity index (χ0) is 18.9. The maximum absolute atomic E-state index is 12.7. The fraction of sp³-hybridized carbons (Fsp3) is 0.619. The van der Waals surface area contributed by atoms with E-state index in [-0.39, 0.29) is 30.2 Å². The van der Waals surface area contributed by atoms with Crippen LogP contribution in [0, 0.1) is 17.3 Å². The number of carbonyl (C=O) groups is 2. The van der Waals surface area contributed by atoms with Crippen molar-refractivity contribution in [3.8, 4) is 0 Å². The van der Waals surface area contributed by atoms with Gasteiger partial charge in [0.2, 0.25) is 11.8 Å². The SMILES string of the molecule is CC(C)(C)C1CCC(NC(=O)[C@@H]2CC(=O)N(c3ccc(Cl)cc3)C2)CC1. The van der Waals surface area contributed by atoms with Gasteiger partial charge >= 0.3 is 0 Å². The second-order valence-corrected chi connectivity index (χ2v) is 9.24. The molecule has 142 valence electrons. The topological polar surface area (TPSA) is 49.4 Å². The van der Waals surface area contributed by atoms with Gasteiger partial charge in [-0.3, -0.25) is 9.59 Å². The fourth-order valence-electron chi connectivity index (χ4n) is 4.18. The molecule has 1 aromatic rings. The van der Waals surface area contributed by atoms with E-state index in [1.165, 1.54) is 0 Å². The smallest absolute Gasteiger partial charge is 0.227 e. The van der Waals surface area contributed by atoms with Crippen LogP contribution in [0.3, 0.4) is 0 Å². The van der Waals surface area contributed by atoms with Gasteiger partial charge in [-0.25, -0.2) is 0 Å². The summed E-state index contributed by atoms with van der Waals surface area (Å²) < 4.78 is 0. The van der Waals surface area contributed by atoms with Gasteiger partial charge in [-0.05, 0) is 61.3 Å². The number of amides is 2. The molecule has 0 radical (unpaired) electrons. The molecule has 1 saturated carbocycles. The molecule has 1 aliphatic carbocycles. The summed E-state index contributed by atoms with van der Waals surface area (Å²) in [6, 6.07) is 7.44. The largest absolute Gasteiger partial charge is 0.353 e. The van der Waals surface area contributed by atoms with Crippen molar-refractivity contribution >= 4 is 29.1 Å². The molecule has 0 bridgehead atoms. The van der Waals surface area contributed by atoms with Crippen molar-refractivity contribution in [1.82, 2.24) is 5.32 Å². The van der Waals surface area contributed by atoms with Crippen molar-refractivity contribution in [2.45, 2.75) is 58.9 Å². The predicted molar refractivity (Wildman–Crippen MR) is 105 cm³/mol. The molecule has 1 aromatic carbocycles. The molecular weight excluding hydrogens is 348 g/mol.